The minimum Gasteiger partial charge on any atom is -0.461 e. The standard InChI is InChI=1S/C22H24O3/c1-7-12-14-18-15(6)24-20(11-5)17(10-4)22(18)19(13-8-2)16(9-3)21(23)25-22/h7-14H,1,3H2,2,4-6H3/b13-8-,14-12-,17-10+,20-11+. The Hall–Kier alpha value is -2.81. The van der Waals surface area contributed by atoms with Gasteiger partial charge in [0.2, 0.25) is 0 Å². The summed E-state index contributed by atoms with van der Waals surface area (Å²) >= 11 is 0. The van der Waals surface area contributed by atoms with Crippen LogP contribution in [0.1, 0.15) is 27.7 Å². The Morgan fingerprint density at radius 2 is 1.76 bits per heavy atom. The molecule has 0 aromatic carbocycles. The van der Waals surface area contributed by atoms with Gasteiger partial charge in [-0.15, -0.1) is 0 Å². The molecule has 130 valence electrons. The average Bonchev–Trinajstić information content (AvgIpc) is 2.86. The maximum absolute atomic E-state index is 12.6. The van der Waals surface area contributed by atoms with Gasteiger partial charge in [-0.3, -0.25) is 0 Å². The Morgan fingerprint density at radius 1 is 1.04 bits per heavy atom. The Bertz CT molecular complexity index is 797. The molecule has 0 fully saturated rings. The normalized spacial score (nSPS) is 27.1. The van der Waals surface area contributed by atoms with Gasteiger partial charge in [0, 0.05) is 16.7 Å². The fraction of sp³-hybridized carbons (Fsp3) is 0.227. The maximum atomic E-state index is 12.6. The predicted molar refractivity (Wildman–Crippen MR) is 101 cm³/mol. The van der Waals surface area contributed by atoms with Gasteiger partial charge < -0.3 is 9.47 Å². The summed E-state index contributed by atoms with van der Waals surface area (Å²) in [6.45, 7) is 15.1. The van der Waals surface area contributed by atoms with Gasteiger partial charge in [-0.05, 0) is 33.8 Å². The lowest BCUT2D eigenvalue weighted by Gasteiger charge is -2.39. The van der Waals surface area contributed by atoms with E-state index >= 15 is 0 Å². The van der Waals surface area contributed by atoms with Crippen LogP contribution in [0.2, 0.25) is 0 Å². The zero-order chi connectivity index (χ0) is 18.6. The molecule has 3 nitrogen and oxygen atoms in total. The number of hydrogen-bond acceptors (Lipinski definition) is 3. The molecule has 2 heterocycles. The van der Waals surface area contributed by atoms with Crippen molar-refractivity contribution in [3.8, 4) is 0 Å². The quantitative estimate of drug-likeness (QED) is 0.520. The lowest BCUT2D eigenvalue weighted by Crippen LogP contribution is -2.40. The van der Waals surface area contributed by atoms with Crippen LogP contribution in [0, 0.1) is 0 Å². The summed E-state index contributed by atoms with van der Waals surface area (Å²) in [7, 11) is 0. The van der Waals surface area contributed by atoms with Crippen LogP contribution in [-0.4, -0.2) is 11.6 Å². The Kier molecular flexibility index (Phi) is 5.48. The number of rotatable bonds is 4. The van der Waals surface area contributed by atoms with E-state index in [0.29, 0.717) is 17.1 Å². The van der Waals surface area contributed by atoms with Crippen molar-refractivity contribution in [2.45, 2.75) is 33.3 Å². The minimum absolute atomic E-state index is 0.392. The topological polar surface area (TPSA) is 35.5 Å². The van der Waals surface area contributed by atoms with Crippen molar-refractivity contribution >= 4 is 5.97 Å². The fourth-order valence-electron chi connectivity index (χ4n) is 3.32. The summed E-state index contributed by atoms with van der Waals surface area (Å²) in [4.78, 5) is 12.6. The van der Waals surface area contributed by atoms with Crippen LogP contribution >= 0.6 is 0 Å². The first-order valence-electron chi connectivity index (χ1n) is 8.26. The number of allylic oxidation sites excluding steroid dienone is 6. The zero-order valence-electron chi connectivity index (χ0n) is 15.3. The minimum atomic E-state index is -1.05. The van der Waals surface area contributed by atoms with E-state index in [1.165, 1.54) is 0 Å². The number of carbonyl (C=O) groups is 1. The second-order valence-corrected chi connectivity index (χ2v) is 5.62. The first-order chi connectivity index (χ1) is 12.0. The van der Waals surface area contributed by atoms with Gasteiger partial charge in [-0.25, -0.2) is 4.79 Å². The number of carbonyl (C=O) groups excluding carboxylic acids is 1. The van der Waals surface area contributed by atoms with E-state index < -0.39 is 11.6 Å². The molecule has 0 N–H and O–H groups in total. The molecule has 0 aliphatic carbocycles. The van der Waals surface area contributed by atoms with Gasteiger partial charge in [-0.1, -0.05) is 55.7 Å². The summed E-state index contributed by atoms with van der Waals surface area (Å²) in [5.74, 6) is 0.963. The van der Waals surface area contributed by atoms with Gasteiger partial charge in [0.1, 0.15) is 11.5 Å². The second kappa shape index (κ2) is 7.39. The summed E-state index contributed by atoms with van der Waals surface area (Å²) < 4.78 is 12.0. The van der Waals surface area contributed by atoms with Crippen LogP contribution in [0.25, 0.3) is 0 Å². The molecule has 0 aromatic heterocycles. The van der Waals surface area contributed by atoms with Crippen LogP contribution in [-0.2, 0) is 14.3 Å². The van der Waals surface area contributed by atoms with E-state index in [4.69, 9.17) is 9.47 Å². The molecule has 0 saturated carbocycles. The molecule has 1 spiro atoms. The van der Waals surface area contributed by atoms with Gasteiger partial charge >= 0.3 is 5.97 Å². The highest BCUT2D eigenvalue weighted by atomic mass is 16.6. The van der Waals surface area contributed by atoms with E-state index in [2.05, 4.69) is 13.2 Å². The predicted octanol–water partition coefficient (Wildman–Crippen LogP) is 5.24. The average molecular weight is 336 g/mol. The van der Waals surface area contributed by atoms with Gasteiger partial charge in [0.15, 0.2) is 5.60 Å². The second-order valence-electron chi connectivity index (χ2n) is 5.62. The Morgan fingerprint density at radius 3 is 2.28 bits per heavy atom. The molecule has 2 aliphatic heterocycles. The SMILES string of the molecule is C=C/C=C\C1=C(C)OC(=C/C)/C(=C\C)C12OC(=O)C(C=C)=C2/C=C\C. The third-order valence-corrected chi connectivity index (χ3v) is 4.29. The van der Waals surface area contributed by atoms with Crippen molar-refractivity contribution in [2.75, 3.05) is 0 Å². The number of esters is 1. The van der Waals surface area contributed by atoms with Crippen LogP contribution in [0.15, 0.2) is 95.6 Å². The Balaban J connectivity index is 2.96. The van der Waals surface area contributed by atoms with E-state index in [-0.39, 0.29) is 0 Å². The van der Waals surface area contributed by atoms with Gasteiger partial charge in [0.25, 0.3) is 0 Å². The maximum Gasteiger partial charge on any atom is 0.340 e. The molecule has 2 aliphatic rings. The molecule has 3 heteroatoms. The fourth-order valence-corrected chi connectivity index (χ4v) is 3.32. The molecule has 25 heavy (non-hydrogen) atoms. The monoisotopic (exact) mass is 336 g/mol. The van der Waals surface area contributed by atoms with Crippen LogP contribution in [0.5, 0.6) is 0 Å². The van der Waals surface area contributed by atoms with Crippen molar-refractivity contribution in [2.24, 2.45) is 0 Å². The molecule has 0 aromatic rings. The molecule has 0 saturated heterocycles. The molecular formula is C22H24O3. The van der Waals surface area contributed by atoms with Crippen molar-refractivity contribution < 1.29 is 14.3 Å². The van der Waals surface area contributed by atoms with Crippen LogP contribution in [0.4, 0.5) is 0 Å². The summed E-state index contributed by atoms with van der Waals surface area (Å²) in [6, 6.07) is 0. The van der Waals surface area contributed by atoms with E-state index in [1.807, 2.05) is 64.2 Å². The van der Waals surface area contributed by atoms with Crippen molar-refractivity contribution in [1.29, 1.82) is 0 Å². The number of hydrogen-bond donors (Lipinski definition) is 0. The molecule has 2 rings (SSSR count). The number of ether oxygens (including phenoxy) is 2. The van der Waals surface area contributed by atoms with E-state index in [1.54, 1.807) is 12.2 Å². The largest absolute Gasteiger partial charge is 0.461 e. The first kappa shape index (κ1) is 18.5. The molecule has 0 amide bonds. The molecule has 1 unspecified atom stereocenters. The highest BCUT2D eigenvalue weighted by Gasteiger charge is 2.54. The molecule has 0 radical (unpaired) electrons. The van der Waals surface area contributed by atoms with Crippen LogP contribution in [0.3, 0.4) is 0 Å². The Labute approximate surface area is 149 Å². The summed E-state index contributed by atoms with van der Waals surface area (Å²) in [5.41, 5.74) is 1.74. The van der Waals surface area contributed by atoms with Gasteiger partial charge in [-0.2, -0.15) is 0 Å². The van der Waals surface area contributed by atoms with Crippen molar-refractivity contribution in [3.05, 3.63) is 95.6 Å². The zero-order valence-corrected chi connectivity index (χ0v) is 15.3. The van der Waals surface area contributed by atoms with E-state index in [9.17, 15) is 4.79 Å². The van der Waals surface area contributed by atoms with Crippen molar-refractivity contribution in [3.63, 3.8) is 0 Å². The van der Waals surface area contributed by atoms with Crippen molar-refractivity contribution in [1.82, 2.24) is 0 Å². The lowest BCUT2D eigenvalue weighted by molar-refractivity contribution is -0.142. The third-order valence-electron chi connectivity index (χ3n) is 4.29. The summed E-state index contributed by atoms with van der Waals surface area (Å²) in [6.07, 6.45) is 14.5. The molecule has 1 atom stereocenters. The highest BCUT2D eigenvalue weighted by Crippen LogP contribution is 2.51. The first-order valence-corrected chi connectivity index (χ1v) is 8.26. The van der Waals surface area contributed by atoms with E-state index in [0.717, 1.165) is 16.7 Å². The van der Waals surface area contributed by atoms with Crippen LogP contribution < -0.4 is 0 Å². The highest BCUT2D eigenvalue weighted by molar-refractivity contribution is 5.99. The molecule has 0 bridgehead atoms. The summed E-state index contributed by atoms with van der Waals surface area (Å²) in [5, 5.41) is 0. The smallest absolute Gasteiger partial charge is 0.340 e. The third kappa shape index (κ3) is 2.76. The molecular weight excluding hydrogens is 312 g/mol. The lowest BCUT2D eigenvalue weighted by atomic mass is 9.75. The van der Waals surface area contributed by atoms with Gasteiger partial charge in [0.05, 0.1) is 5.57 Å².